The first-order chi connectivity index (χ1) is 9.50. The quantitative estimate of drug-likeness (QED) is 0.500. The first-order valence-corrected chi connectivity index (χ1v) is 6.40. The summed E-state index contributed by atoms with van der Waals surface area (Å²) in [4.78, 5) is 44.3. The van der Waals surface area contributed by atoms with Crippen molar-refractivity contribution in [3.8, 4) is 0 Å². The number of carboxylic acids is 4. The lowest BCUT2D eigenvalue weighted by atomic mass is 9.71. The van der Waals surface area contributed by atoms with Crippen LogP contribution in [0.5, 0.6) is 0 Å². The van der Waals surface area contributed by atoms with Crippen molar-refractivity contribution in [1.82, 2.24) is 0 Å². The van der Waals surface area contributed by atoms with E-state index >= 15 is 0 Å². The van der Waals surface area contributed by atoms with Crippen molar-refractivity contribution in [2.75, 3.05) is 0 Å². The Labute approximate surface area is 136 Å². The first-order valence-electron chi connectivity index (χ1n) is 6.40. The molecule has 0 aromatic rings. The Kier molecular flexibility index (Phi) is 11.9. The topological polar surface area (TPSA) is 149 Å². The third kappa shape index (κ3) is 7.12. The average molecular weight is 336 g/mol. The van der Waals surface area contributed by atoms with E-state index in [1.807, 2.05) is 0 Å². The Balaban J connectivity index is -0.00000200. The van der Waals surface area contributed by atoms with Gasteiger partial charge in [-0.2, -0.15) is 0 Å². The highest BCUT2D eigenvalue weighted by molar-refractivity contribution is 5.81. The van der Waals surface area contributed by atoms with Crippen molar-refractivity contribution in [2.24, 2.45) is 29.6 Å². The summed E-state index contributed by atoms with van der Waals surface area (Å²) in [6.07, 6.45) is -0.435. The molecule has 0 saturated heterocycles. The summed E-state index contributed by atoms with van der Waals surface area (Å²) in [7, 11) is 0. The lowest BCUT2D eigenvalue weighted by Gasteiger charge is -2.31. The van der Waals surface area contributed by atoms with Crippen LogP contribution < -0.4 is 0 Å². The van der Waals surface area contributed by atoms with Crippen LogP contribution in [0.1, 0.15) is 42.0 Å². The summed E-state index contributed by atoms with van der Waals surface area (Å²) in [5.41, 5.74) is 0. The van der Waals surface area contributed by atoms with Gasteiger partial charge in [0.05, 0.1) is 17.8 Å². The molecule has 0 rings (SSSR count). The van der Waals surface area contributed by atoms with Gasteiger partial charge in [0.15, 0.2) is 0 Å². The van der Waals surface area contributed by atoms with Gasteiger partial charge in [-0.05, 0) is 11.8 Å². The van der Waals surface area contributed by atoms with Crippen LogP contribution in [-0.4, -0.2) is 44.3 Å². The molecule has 136 valence electrons. The zero-order valence-corrected chi connectivity index (χ0v) is 12.0. The van der Waals surface area contributed by atoms with Gasteiger partial charge < -0.3 is 20.4 Å². The lowest BCUT2D eigenvalue weighted by Crippen LogP contribution is -2.41. The van der Waals surface area contributed by atoms with Gasteiger partial charge in [0.1, 0.15) is 0 Å². The average Bonchev–Trinajstić information content (AvgIpc) is 2.26. The minimum Gasteiger partial charge on any atom is -0.481 e. The fourth-order valence-corrected chi connectivity index (χ4v) is 2.66. The van der Waals surface area contributed by atoms with Crippen LogP contribution in [0.15, 0.2) is 0 Å². The normalized spacial score (nSPS) is 16.5. The third-order valence-electron chi connectivity index (χ3n) is 3.74. The number of hydrogen-bond acceptors (Lipinski definition) is 4. The Morgan fingerprint density at radius 3 is 1.39 bits per heavy atom. The summed E-state index contributed by atoms with van der Waals surface area (Å²) in [6.45, 7) is 3.92. The molecule has 0 aliphatic carbocycles. The van der Waals surface area contributed by atoms with Crippen LogP contribution in [0.25, 0.3) is 0 Å². The van der Waals surface area contributed by atoms with Crippen molar-refractivity contribution >= 4 is 23.9 Å². The summed E-state index contributed by atoms with van der Waals surface area (Å²) in [5.74, 6) is -11.1. The van der Waals surface area contributed by atoms with E-state index < -0.39 is 59.9 Å². The fourth-order valence-electron chi connectivity index (χ4n) is 2.66. The zero-order valence-electron chi connectivity index (χ0n) is 12.0. The van der Waals surface area contributed by atoms with Crippen LogP contribution in [0.4, 0.5) is 0 Å². The Hall–Kier alpha value is -2.12. The standard InChI is InChI=1S/C13H20O8.2CH4/c1-5(4-8(14)15)9(12(18)19)6(2)10(13(20)21)7(3)11(16)17;;/h5-7,9-10H,4H2,1-3H3,(H,14,15)(H,16,17)(H,18,19)(H,20,21);2*1H4. The van der Waals surface area contributed by atoms with Crippen LogP contribution in [0.3, 0.4) is 0 Å². The van der Waals surface area contributed by atoms with Gasteiger partial charge in [-0.3, -0.25) is 19.2 Å². The van der Waals surface area contributed by atoms with E-state index in [-0.39, 0.29) is 14.9 Å². The highest BCUT2D eigenvalue weighted by Gasteiger charge is 2.43. The highest BCUT2D eigenvalue weighted by atomic mass is 16.4. The number of carboxylic acid groups (broad SMARTS) is 4. The molecule has 0 aromatic carbocycles. The second kappa shape index (κ2) is 10.6. The summed E-state index contributed by atoms with van der Waals surface area (Å²) in [5, 5.41) is 36.1. The number of rotatable bonds is 9. The number of carbonyl (C=O) groups is 4. The molecule has 8 nitrogen and oxygen atoms in total. The summed E-state index contributed by atoms with van der Waals surface area (Å²) < 4.78 is 0. The molecule has 23 heavy (non-hydrogen) atoms. The summed E-state index contributed by atoms with van der Waals surface area (Å²) >= 11 is 0. The molecule has 0 spiro atoms. The molecule has 0 bridgehead atoms. The molecule has 4 N–H and O–H groups in total. The predicted octanol–water partition coefficient (Wildman–Crippen LogP) is 2.13. The van der Waals surface area contributed by atoms with E-state index in [1.165, 1.54) is 20.8 Å². The van der Waals surface area contributed by atoms with Gasteiger partial charge in [-0.15, -0.1) is 0 Å². The maximum atomic E-state index is 11.4. The zero-order chi connectivity index (χ0) is 16.9. The predicted molar refractivity (Wildman–Crippen MR) is 83.1 cm³/mol. The monoisotopic (exact) mass is 336 g/mol. The Bertz CT molecular complexity index is 431. The molecule has 0 heterocycles. The Morgan fingerprint density at radius 2 is 1.13 bits per heavy atom. The van der Waals surface area contributed by atoms with Crippen molar-refractivity contribution in [2.45, 2.75) is 42.0 Å². The molecule has 0 aliphatic heterocycles. The smallest absolute Gasteiger partial charge is 0.307 e. The van der Waals surface area contributed by atoms with Gasteiger partial charge in [-0.25, -0.2) is 0 Å². The minimum atomic E-state index is -1.42. The molecule has 0 fully saturated rings. The third-order valence-corrected chi connectivity index (χ3v) is 3.74. The molecule has 5 atom stereocenters. The van der Waals surface area contributed by atoms with E-state index in [4.69, 9.17) is 10.2 Å². The van der Waals surface area contributed by atoms with Gasteiger partial charge >= 0.3 is 23.9 Å². The van der Waals surface area contributed by atoms with Crippen molar-refractivity contribution < 1.29 is 39.6 Å². The van der Waals surface area contributed by atoms with E-state index in [9.17, 15) is 29.4 Å². The second-order valence-corrected chi connectivity index (χ2v) is 5.29. The van der Waals surface area contributed by atoms with Crippen molar-refractivity contribution in [1.29, 1.82) is 0 Å². The van der Waals surface area contributed by atoms with Gasteiger partial charge in [-0.1, -0.05) is 35.6 Å². The Morgan fingerprint density at radius 1 is 0.739 bits per heavy atom. The lowest BCUT2D eigenvalue weighted by molar-refractivity contribution is -0.160. The van der Waals surface area contributed by atoms with E-state index in [2.05, 4.69) is 0 Å². The van der Waals surface area contributed by atoms with Crippen molar-refractivity contribution in [3.63, 3.8) is 0 Å². The first kappa shape index (κ1) is 25.8. The molecule has 0 radical (unpaired) electrons. The van der Waals surface area contributed by atoms with Crippen LogP contribution in [-0.2, 0) is 19.2 Å². The number of hydrogen-bond donors (Lipinski definition) is 4. The van der Waals surface area contributed by atoms with Crippen molar-refractivity contribution in [3.05, 3.63) is 0 Å². The fraction of sp³-hybridized carbons (Fsp3) is 0.733. The number of aliphatic carboxylic acids is 4. The van der Waals surface area contributed by atoms with E-state index in [0.717, 1.165) is 0 Å². The van der Waals surface area contributed by atoms with Crippen LogP contribution >= 0.6 is 0 Å². The highest BCUT2D eigenvalue weighted by Crippen LogP contribution is 2.34. The maximum Gasteiger partial charge on any atom is 0.307 e. The van der Waals surface area contributed by atoms with Crippen LogP contribution in [0.2, 0.25) is 0 Å². The minimum absolute atomic E-state index is 0. The molecule has 0 aromatic heterocycles. The maximum absolute atomic E-state index is 11.4. The molecule has 5 unspecified atom stereocenters. The summed E-state index contributed by atoms with van der Waals surface area (Å²) in [6, 6.07) is 0. The van der Waals surface area contributed by atoms with E-state index in [1.54, 1.807) is 0 Å². The molecule has 0 saturated carbocycles. The molecular formula is C15H28O8. The molecule has 8 heteroatoms. The van der Waals surface area contributed by atoms with E-state index in [0.29, 0.717) is 0 Å². The molecular weight excluding hydrogens is 308 g/mol. The van der Waals surface area contributed by atoms with Gasteiger partial charge in [0, 0.05) is 6.42 Å². The van der Waals surface area contributed by atoms with Gasteiger partial charge in [0.25, 0.3) is 0 Å². The van der Waals surface area contributed by atoms with Gasteiger partial charge in [0.2, 0.25) is 0 Å². The largest absolute Gasteiger partial charge is 0.481 e. The SMILES string of the molecule is C.C.CC(CC(=O)O)C(C(=O)O)C(C)C(C(=O)O)C(C)C(=O)O. The second-order valence-electron chi connectivity index (χ2n) is 5.29. The molecule has 0 aliphatic rings. The molecule has 0 amide bonds. The van der Waals surface area contributed by atoms with Crippen LogP contribution in [0, 0.1) is 29.6 Å².